The maximum absolute atomic E-state index is 10.2. The number of methoxy groups -OCH3 is 1. The standard InChI is InChI=1S/C19H22O6S/c1-23-12-4-2-11(3-5-12)10-14-13(6-9-26-14)24-18-16(21)15(20)17(22)19(25-18)7-8-19/h2-6,9,15-18,20-22H,7-8,10H2,1H3/t15-,16-,17+,18-/m1/s1. The lowest BCUT2D eigenvalue weighted by molar-refractivity contribution is -0.282. The number of rotatable bonds is 5. The summed E-state index contributed by atoms with van der Waals surface area (Å²) in [7, 11) is 1.63. The van der Waals surface area contributed by atoms with Gasteiger partial charge in [-0.25, -0.2) is 0 Å². The molecule has 4 rings (SSSR count). The molecule has 1 saturated heterocycles. The molecular formula is C19H22O6S. The summed E-state index contributed by atoms with van der Waals surface area (Å²) in [6.45, 7) is 0. The largest absolute Gasteiger partial charge is 0.497 e. The molecule has 1 saturated carbocycles. The number of aliphatic hydroxyl groups excluding tert-OH is 3. The van der Waals surface area contributed by atoms with Gasteiger partial charge in [-0.1, -0.05) is 12.1 Å². The smallest absolute Gasteiger partial charge is 0.229 e. The third-order valence-corrected chi connectivity index (χ3v) is 5.96. The first-order valence-corrected chi connectivity index (χ1v) is 9.48. The van der Waals surface area contributed by atoms with E-state index in [2.05, 4.69) is 0 Å². The normalized spacial score (nSPS) is 29.5. The zero-order chi connectivity index (χ0) is 18.3. The first-order valence-electron chi connectivity index (χ1n) is 8.60. The van der Waals surface area contributed by atoms with Gasteiger partial charge >= 0.3 is 0 Å². The van der Waals surface area contributed by atoms with Crippen molar-refractivity contribution in [2.75, 3.05) is 7.11 Å². The van der Waals surface area contributed by atoms with E-state index in [0.29, 0.717) is 25.0 Å². The van der Waals surface area contributed by atoms with Crippen molar-refractivity contribution in [2.45, 2.75) is 49.5 Å². The predicted molar refractivity (Wildman–Crippen MR) is 95.6 cm³/mol. The van der Waals surface area contributed by atoms with E-state index in [-0.39, 0.29) is 0 Å². The molecule has 1 aliphatic heterocycles. The summed E-state index contributed by atoms with van der Waals surface area (Å²) >= 11 is 1.56. The number of benzene rings is 1. The van der Waals surface area contributed by atoms with Gasteiger partial charge in [-0.2, -0.15) is 0 Å². The van der Waals surface area contributed by atoms with E-state index >= 15 is 0 Å². The molecule has 2 heterocycles. The van der Waals surface area contributed by atoms with Crippen LogP contribution in [0.4, 0.5) is 0 Å². The van der Waals surface area contributed by atoms with Crippen LogP contribution in [0.15, 0.2) is 35.7 Å². The van der Waals surface area contributed by atoms with Crippen LogP contribution in [0.1, 0.15) is 23.3 Å². The Morgan fingerprint density at radius 3 is 2.50 bits per heavy atom. The van der Waals surface area contributed by atoms with Crippen LogP contribution in [0.25, 0.3) is 0 Å². The summed E-state index contributed by atoms with van der Waals surface area (Å²) in [6, 6.07) is 9.63. The SMILES string of the molecule is COc1ccc(Cc2sccc2O[C@@H]2OC3(CC3)[C@@H](O)[C@H](O)[C@H]2O)cc1. The van der Waals surface area contributed by atoms with Crippen LogP contribution >= 0.6 is 11.3 Å². The molecule has 0 bridgehead atoms. The summed E-state index contributed by atoms with van der Waals surface area (Å²) in [6.07, 6.45) is -2.68. The second-order valence-electron chi connectivity index (χ2n) is 6.83. The van der Waals surface area contributed by atoms with Crippen molar-refractivity contribution in [1.29, 1.82) is 0 Å². The van der Waals surface area contributed by atoms with Gasteiger partial charge in [0.05, 0.1) is 12.0 Å². The molecule has 140 valence electrons. The molecule has 0 radical (unpaired) electrons. The van der Waals surface area contributed by atoms with Crippen molar-refractivity contribution in [3.8, 4) is 11.5 Å². The van der Waals surface area contributed by atoms with Crippen LogP contribution in [-0.2, 0) is 11.2 Å². The minimum Gasteiger partial charge on any atom is -0.497 e. The Hall–Kier alpha value is -1.64. The van der Waals surface area contributed by atoms with E-state index in [1.54, 1.807) is 18.4 Å². The number of thiophene rings is 1. The van der Waals surface area contributed by atoms with E-state index in [4.69, 9.17) is 14.2 Å². The van der Waals surface area contributed by atoms with Crippen LogP contribution in [0.2, 0.25) is 0 Å². The van der Waals surface area contributed by atoms with E-state index in [9.17, 15) is 15.3 Å². The predicted octanol–water partition coefficient (Wildman–Crippen LogP) is 1.70. The Kier molecular flexibility index (Phi) is 4.66. The summed E-state index contributed by atoms with van der Waals surface area (Å²) in [5, 5.41) is 32.3. The summed E-state index contributed by atoms with van der Waals surface area (Å²) in [5.74, 6) is 1.42. The van der Waals surface area contributed by atoms with Crippen LogP contribution < -0.4 is 9.47 Å². The second kappa shape index (κ2) is 6.83. The molecule has 2 fully saturated rings. The molecule has 2 aliphatic rings. The second-order valence-corrected chi connectivity index (χ2v) is 7.83. The van der Waals surface area contributed by atoms with Crippen molar-refractivity contribution in [3.63, 3.8) is 0 Å². The number of aliphatic hydroxyl groups is 3. The Morgan fingerprint density at radius 1 is 1.12 bits per heavy atom. The van der Waals surface area contributed by atoms with Gasteiger partial charge in [0.15, 0.2) is 0 Å². The topological polar surface area (TPSA) is 88.4 Å². The van der Waals surface area contributed by atoms with Crippen LogP contribution in [0, 0.1) is 0 Å². The molecule has 1 aliphatic carbocycles. The Balaban J connectivity index is 1.48. The van der Waals surface area contributed by atoms with Gasteiger partial charge in [0.1, 0.15) is 35.4 Å². The minimum absolute atomic E-state index is 0.620. The molecule has 1 aromatic heterocycles. The van der Waals surface area contributed by atoms with Gasteiger partial charge < -0.3 is 29.5 Å². The molecule has 26 heavy (non-hydrogen) atoms. The maximum atomic E-state index is 10.2. The highest BCUT2D eigenvalue weighted by Crippen LogP contribution is 2.48. The zero-order valence-corrected chi connectivity index (χ0v) is 15.2. The van der Waals surface area contributed by atoms with Crippen molar-refractivity contribution in [1.82, 2.24) is 0 Å². The fraction of sp³-hybridized carbons (Fsp3) is 0.474. The fourth-order valence-electron chi connectivity index (χ4n) is 3.28. The highest BCUT2D eigenvalue weighted by Gasteiger charge is 2.61. The molecule has 7 heteroatoms. The Bertz CT molecular complexity index is 754. The molecule has 1 spiro atoms. The molecule has 1 aromatic carbocycles. The molecule has 0 amide bonds. The molecule has 6 nitrogen and oxygen atoms in total. The van der Waals surface area contributed by atoms with E-state index in [1.807, 2.05) is 35.7 Å². The third kappa shape index (κ3) is 3.21. The molecule has 2 aromatic rings. The molecule has 0 unspecified atom stereocenters. The van der Waals surface area contributed by atoms with Gasteiger partial charge in [-0.3, -0.25) is 0 Å². The van der Waals surface area contributed by atoms with Gasteiger partial charge in [-0.05, 0) is 42.0 Å². The monoisotopic (exact) mass is 378 g/mol. The van der Waals surface area contributed by atoms with Crippen LogP contribution in [-0.4, -0.2) is 52.6 Å². The lowest BCUT2D eigenvalue weighted by Crippen LogP contribution is -2.60. The number of hydrogen-bond donors (Lipinski definition) is 3. The first-order chi connectivity index (χ1) is 12.5. The average molecular weight is 378 g/mol. The van der Waals surface area contributed by atoms with Crippen molar-refractivity contribution < 1.29 is 29.5 Å². The zero-order valence-electron chi connectivity index (χ0n) is 14.4. The summed E-state index contributed by atoms with van der Waals surface area (Å²) in [5.41, 5.74) is 0.326. The third-order valence-electron chi connectivity index (χ3n) is 5.06. The van der Waals surface area contributed by atoms with Gasteiger partial charge in [0.25, 0.3) is 0 Å². The van der Waals surface area contributed by atoms with Crippen LogP contribution in [0.3, 0.4) is 0 Å². The van der Waals surface area contributed by atoms with Crippen molar-refractivity contribution >= 4 is 11.3 Å². The Morgan fingerprint density at radius 2 is 1.85 bits per heavy atom. The van der Waals surface area contributed by atoms with Gasteiger partial charge in [0.2, 0.25) is 6.29 Å². The first kappa shape index (κ1) is 17.8. The summed E-state index contributed by atoms with van der Waals surface area (Å²) in [4.78, 5) is 0.997. The molecule has 4 atom stereocenters. The maximum Gasteiger partial charge on any atom is 0.229 e. The highest BCUT2D eigenvalue weighted by atomic mass is 32.1. The number of hydrogen-bond acceptors (Lipinski definition) is 7. The van der Waals surface area contributed by atoms with Crippen molar-refractivity contribution in [3.05, 3.63) is 46.2 Å². The minimum atomic E-state index is -1.30. The van der Waals surface area contributed by atoms with Crippen LogP contribution in [0.5, 0.6) is 11.5 Å². The lowest BCUT2D eigenvalue weighted by atomic mass is 9.97. The van der Waals surface area contributed by atoms with Gasteiger partial charge in [0, 0.05) is 6.42 Å². The average Bonchev–Trinajstić information content (AvgIpc) is 3.31. The summed E-state index contributed by atoms with van der Waals surface area (Å²) < 4.78 is 16.9. The molecule has 3 N–H and O–H groups in total. The quantitative estimate of drug-likeness (QED) is 0.734. The van der Waals surface area contributed by atoms with E-state index in [0.717, 1.165) is 16.2 Å². The highest BCUT2D eigenvalue weighted by molar-refractivity contribution is 7.10. The van der Waals surface area contributed by atoms with Gasteiger partial charge in [-0.15, -0.1) is 11.3 Å². The fourth-order valence-corrected chi connectivity index (χ4v) is 4.12. The molecular weight excluding hydrogens is 356 g/mol. The van der Waals surface area contributed by atoms with Crippen molar-refractivity contribution in [2.24, 2.45) is 0 Å². The lowest BCUT2D eigenvalue weighted by Gasteiger charge is -2.40. The van der Waals surface area contributed by atoms with E-state index in [1.165, 1.54) is 0 Å². The number of ether oxygens (including phenoxy) is 3. The van der Waals surface area contributed by atoms with E-state index < -0.39 is 30.2 Å². The Labute approximate surface area is 155 Å².